The zero-order valence-corrected chi connectivity index (χ0v) is 12.9. The van der Waals surface area contributed by atoms with Gasteiger partial charge in [0.1, 0.15) is 10.8 Å². The van der Waals surface area contributed by atoms with Crippen molar-refractivity contribution in [2.75, 3.05) is 6.54 Å². The Hall–Kier alpha value is -0.910. The summed E-state index contributed by atoms with van der Waals surface area (Å²) in [6.07, 6.45) is 1.75. The summed E-state index contributed by atoms with van der Waals surface area (Å²) in [5.74, 6) is -0.211. The van der Waals surface area contributed by atoms with Crippen molar-refractivity contribution in [3.8, 4) is 0 Å². The number of nitrogens with one attached hydrogen (secondary N) is 1. The number of hydrogen-bond acceptors (Lipinski definition) is 3. The second kappa shape index (κ2) is 7.03. The van der Waals surface area contributed by atoms with Gasteiger partial charge in [0.05, 0.1) is 4.47 Å². The number of rotatable bonds is 5. The van der Waals surface area contributed by atoms with E-state index in [1.807, 2.05) is 19.1 Å². The molecule has 0 saturated carbocycles. The van der Waals surface area contributed by atoms with Crippen molar-refractivity contribution in [1.82, 2.24) is 10.3 Å². The van der Waals surface area contributed by atoms with Crippen LogP contribution in [-0.4, -0.2) is 11.5 Å². The summed E-state index contributed by atoms with van der Waals surface area (Å²) < 4.78 is 14.3. The molecule has 0 spiro atoms. The van der Waals surface area contributed by atoms with Crippen LogP contribution in [0.3, 0.4) is 0 Å². The van der Waals surface area contributed by atoms with E-state index >= 15 is 0 Å². The molecular weight excluding hydrogens is 327 g/mol. The lowest BCUT2D eigenvalue weighted by atomic mass is 10.2. The Bertz CT molecular complexity index is 563. The average molecular weight is 341 g/mol. The van der Waals surface area contributed by atoms with Gasteiger partial charge in [0.2, 0.25) is 0 Å². The van der Waals surface area contributed by atoms with Gasteiger partial charge in [-0.3, -0.25) is 0 Å². The lowest BCUT2D eigenvalue weighted by Crippen LogP contribution is -2.12. The van der Waals surface area contributed by atoms with E-state index in [4.69, 9.17) is 0 Å². The predicted molar refractivity (Wildman–Crippen MR) is 79.8 cm³/mol. The van der Waals surface area contributed by atoms with Gasteiger partial charge in [-0.2, -0.15) is 0 Å². The van der Waals surface area contributed by atoms with Crippen LogP contribution < -0.4 is 5.32 Å². The molecule has 5 heteroatoms. The molecule has 1 aromatic carbocycles. The monoisotopic (exact) mass is 340 g/mol. The van der Waals surface area contributed by atoms with Crippen molar-refractivity contribution in [3.63, 3.8) is 0 Å². The third-order valence-corrected chi connectivity index (χ3v) is 4.56. The molecule has 0 aliphatic carbocycles. The Morgan fingerprint density at radius 1 is 1.37 bits per heavy atom. The smallest absolute Gasteiger partial charge is 0.123 e. The Kier molecular flexibility index (Phi) is 5.36. The van der Waals surface area contributed by atoms with E-state index in [0.29, 0.717) is 6.54 Å². The molecule has 19 heavy (non-hydrogen) atoms. The molecule has 0 radical (unpaired) electrons. The third-order valence-electron chi connectivity index (χ3n) is 2.52. The van der Waals surface area contributed by atoms with Crippen molar-refractivity contribution in [1.29, 1.82) is 0 Å². The minimum Gasteiger partial charge on any atom is -0.313 e. The van der Waals surface area contributed by atoms with Crippen molar-refractivity contribution < 1.29 is 4.39 Å². The highest BCUT2D eigenvalue weighted by Crippen LogP contribution is 2.33. The summed E-state index contributed by atoms with van der Waals surface area (Å²) in [6.45, 7) is 3.54. The molecule has 0 unspecified atom stereocenters. The highest BCUT2D eigenvalue weighted by Gasteiger charge is 2.08. The zero-order chi connectivity index (χ0) is 13.7. The van der Waals surface area contributed by atoms with Gasteiger partial charge in [0.15, 0.2) is 0 Å². The van der Waals surface area contributed by atoms with Crippen LogP contribution in [0, 0.1) is 5.82 Å². The Morgan fingerprint density at radius 2 is 2.21 bits per heavy atom. The SMILES string of the molecule is CCNCc1cc(F)ccc1Sc1ncccc1Br. The van der Waals surface area contributed by atoms with Crippen LogP contribution in [0.5, 0.6) is 0 Å². The number of nitrogens with zero attached hydrogens (tertiary/aromatic N) is 1. The molecule has 100 valence electrons. The van der Waals surface area contributed by atoms with Gasteiger partial charge >= 0.3 is 0 Å². The molecule has 0 atom stereocenters. The van der Waals surface area contributed by atoms with E-state index < -0.39 is 0 Å². The fourth-order valence-corrected chi connectivity index (χ4v) is 2.98. The highest BCUT2D eigenvalue weighted by atomic mass is 79.9. The fourth-order valence-electron chi connectivity index (χ4n) is 1.60. The summed E-state index contributed by atoms with van der Waals surface area (Å²) in [4.78, 5) is 5.33. The van der Waals surface area contributed by atoms with E-state index in [1.54, 1.807) is 18.3 Å². The van der Waals surface area contributed by atoms with Gasteiger partial charge in [-0.1, -0.05) is 18.7 Å². The molecular formula is C14H14BrFN2S. The van der Waals surface area contributed by atoms with E-state index in [9.17, 15) is 4.39 Å². The Labute approximate surface area is 125 Å². The molecule has 1 N–H and O–H groups in total. The van der Waals surface area contributed by atoms with Crippen LogP contribution in [0.2, 0.25) is 0 Å². The molecule has 2 rings (SSSR count). The maximum absolute atomic E-state index is 13.3. The van der Waals surface area contributed by atoms with Gasteiger partial charge in [0, 0.05) is 17.6 Å². The Morgan fingerprint density at radius 3 is 2.95 bits per heavy atom. The molecule has 0 amide bonds. The lowest BCUT2D eigenvalue weighted by molar-refractivity contribution is 0.619. The summed E-state index contributed by atoms with van der Waals surface area (Å²) >= 11 is 5.01. The molecule has 0 saturated heterocycles. The van der Waals surface area contributed by atoms with Crippen molar-refractivity contribution in [2.45, 2.75) is 23.4 Å². The third kappa shape index (κ3) is 4.03. The van der Waals surface area contributed by atoms with Crippen LogP contribution in [0.4, 0.5) is 4.39 Å². The van der Waals surface area contributed by atoms with Crippen LogP contribution in [0.1, 0.15) is 12.5 Å². The van der Waals surface area contributed by atoms with Crippen LogP contribution in [0.15, 0.2) is 50.9 Å². The van der Waals surface area contributed by atoms with Gasteiger partial charge < -0.3 is 5.32 Å². The number of hydrogen-bond donors (Lipinski definition) is 1. The first-order valence-corrected chi connectivity index (χ1v) is 7.59. The summed E-state index contributed by atoms with van der Waals surface area (Å²) in [7, 11) is 0. The predicted octanol–water partition coefficient (Wildman–Crippen LogP) is 4.24. The first-order chi connectivity index (χ1) is 9.20. The molecule has 2 nitrogen and oxygen atoms in total. The minimum atomic E-state index is -0.211. The largest absolute Gasteiger partial charge is 0.313 e. The molecule has 0 fully saturated rings. The minimum absolute atomic E-state index is 0.211. The van der Waals surface area contributed by atoms with E-state index in [0.717, 1.165) is 26.5 Å². The second-order valence-electron chi connectivity index (χ2n) is 3.92. The molecule has 2 aromatic rings. The quantitative estimate of drug-likeness (QED) is 0.880. The van der Waals surface area contributed by atoms with Crippen LogP contribution in [0.25, 0.3) is 0 Å². The first-order valence-electron chi connectivity index (χ1n) is 5.98. The van der Waals surface area contributed by atoms with Crippen molar-refractivity contribution >= 4 is 27.7 Å². The first kappa shape index (κ1) is 14.5. The average Bonchev–Trinajstić information content (AvgIpc) is 2.41. The normalized spacial score (nSPS) is 10.7. The van der Waals surface area contributed by atoms with Crippen molar-refractivity contribution in [2.24, 2.45) is 0 Å². The maximum Gasteiger partial charge on any atom is 0.123 e. The number of halogens is 2. The van der Waals surface area contributed by atoms with Gasteiger partial charge in [-0.05, 0) is 58.4 Å². The van der Waals surface area contributed by atoms with Crippen molar-refractivity contribution in [3.05, 3.63) is 52.4 Å². The number of aromatic nitrogens is 1. The summed E-state index contributed by atoms with van der Waals surface area (Å²) in [5, 5.41) is 4.10. The molecule has 0 aliphatic rings. The van der Waals surface area contributed by atoms with Crippen LogP contribution >= 0.6 is 27.7 Å². The molecule has 0 bridgehead atoms. The van der Waals surface area contributed by atoms with Crippen LogP contribution in [-0.2, 0) is 6.54 Å². The zero-order valence-electron chi connectivity index (χ0n) is 10.5. The van der Waals surface area contributed by atoms with E-state index in [-0.39, 0.29) is 5.82 Å². The standard InChI is InChI=1S/C14H14BrFN2S/c1-2-17-9-10-8-11(16)5-6-13(10)19-14-12(15)4-3-7-18-14/h3-8,17H,2,9H2,1H3. The van der Waals surface area contributed by atoms with Gasteiger partial charge in [-0.25, -0.2) is 9.37 Å². The molecule has 1 aromatic heterocycles. The lowest BCUT2D eigenvalue weighted by Gasteiger charge is -2.10. The number of benzene rings is 1. The van der Waals surface area contributed by atoms with Gasteiger partial charge in [0.25, 0.3) is 0 Å². The molecule has 1 heterocycles. The maximum atomic E-state index is 13.3. The second-order valence-corrected chi connectivity index (χ2v) is 5.81. The van der Waals surface area contributed by atoms with E-state index in [2.05, 4.69) is 26.2 Å². The molecule has 0 aliphatic heterocycles. The summed E-state index contributed by atoms with van der Waals surface area (Å²) in [5.41, 5.74) is 0.949. The highest BCUT2D eigenvalue weighted by molar-refractivity contribution is 9.10. The fraction of sp³-hybridized carbons (Fsp3) is 0.214. The topological polar surface area (TPSA) is 24.9 Å². The van der Waals surface area contributed by atoms with E-state index in [1.165, 1.54) is 17.8 Å². The Balaban J connectivity index is 2.26. The van der Waals surface area contributed by atoms with Gasteiger partial charge in [-0.15, -0.1) is 0 Å². The summed E-state index contributed by atoms with van der Waals surface area (Å²) in [6, 6.07) is 8.67. The number of pyridine rings is 1.